The predicted molar refractivity (Wildman–Crippen MR) is 115 cm³/mol. The van der Waals surface area contributed by atoms with Crippen molar-refractivity contribution in [2.45, 2.75) is 44.2 Å². The highest BCUT2D eigenvalue weighted by Gasteiger charge is 2.50. The monoisotopic (exact) mass is 481 g/mol. The van der Waals surface area contributed by atoms with Crippen LogP contribution in [0, 0.1) is 5.92 Å². The van der Waals surface area contributed by atoms with Crippen LogP contribution in [0.3, 0.4) is 0 Å². The minimum atomic E-state index is -0.861. The Kier molecular flexibility index (Phi) is 7.11. The molecule has 1 fully saturated rings. The number of aromatic nitrogens is 2. The lowest BCUT2D eigenvalue weighted by Gasteiger charge is -2.37. The number of imidazole rings is 1. The molecule has 6 heteroatoms. The maximum absolute atomic E-state index is 13.2. The quantitative estimate of drug-likeness (QED) is 0.489. The third-order valence-corrected chi connectivity index (χ3v) is 6.40. The van der Waals surface area contributed by atoms with Gasteiger partial charge >= 0.3 is 0 Å². The van der Waals surface area contributed by atoms with Crippen LogP contribution in [-0.4, -0.2) is 16.3 Å². The number of carbonyl (C=O) groups is 2. The highest BCUT2D eigenvalue weighted by molar-refractivity contribution is 5.91. The molecule has 1 saturated carbocycles. The van der Waals surface area contributed by atoms with Crippen LogP contribution in [0.2, 0.25) is 0 Å². The third kappa shape index (κ3) is 4.35. The number of amides is 1. The Morgan fingerprint density at radius 1 is 1.03 bits per heavy atom. The molecule has 0 radical (unpaired) electrons. The smallest absolute Gasteiger partial charge is 0.244 e. The minimum Gasteiger partial charge on any atom is -1.00 e. The number of Topliss-reactive ketones (excluding diaryl/α,β-unsaturated/α-hetero) is 1. The number of primary amides is 1. The number of hydrogen-bond acceptors (Lipinski definition) is 2. The molecular weight excluding hydrogens is 454 g/mol. The zero-order chi connectivity index (χ0) is 21.1. The van der Waals surface area contributed by atoms with E-state index in [1.165, 1.54) is 0 Å². The fourth-order valence-corrected chi connectivity index (χ4v) is 5.13. The molecule has 1 aliphatic rings. The molecule has 0 unspecified atom stereocenters. The van der Waals surface area contributed by atoms with Crippen LogP contribution >= 0.6 is 0 Å². The van der Waals surface area contributed by atoms with Crippen LogP contribution in [0.15, 0.2) is 79.4 Å². The number of rotatable bonds is 7. The lowest BCUT2D eigenvalue weighted by atomic mass is 9.64. The Balaban J connectivity index is 0.00000272. The van der Waals surface area contributed by atoms with Gasteiger partial charge in [0, 0.05) is 0 Å². The summed E-state index contributed by atoms with van der Waals surface area (Å²) < 4.78 is 4.08. The van der Waals surface area contributed by atoms with Gasteiger partial charge in [-0.15, -0.1) is 0 Å². The fourth-order valence-electron chi connectivity index (χ4n) is 5.13. The van der Waals surface area contributed by atoms with E-state index in [4.69, 9.17) is 5.73 Å². The van der Waals surface area contributed by atoms with Gasteiger partial charge in [0.25, 0.3) is 0 Å². The molecule has 5 nitrogen and oxygen atoms in total. The molecule has 3 aromatic rings. The summed E-state index contributed by atoms with van der Waals surface area (Å²) in [6.45, 7) is 1.97. The average Bonchev–Trinajstić information content (AvgIpc) is 3.40. The highest BCUT2D eigenvalue weighted by Crippen LogP contribution is 2.49. The first-order valence-electron chi connectivity index (χ1n) is 10.5. The van der Waals surface area contributed by atoms with Gasteiger partial charge < -0.3 is 22.7 Å². The summed E-state index contributed by atoms with van der Waals surface area (Å²) in [4.78, 5) is 24.6. The zero-order valence-electron chi connectivity index (χ0n) is 17.7. The van der Waals surface area contributed by atoms with Gasteiger partial charge in [-0.1, -0.05) is 60.7 Å². The number of benzene rings is 2. The summed E-state index contributed by atoms with van der Waals surface area (Å²) in [6, 6.07) is 20.1. The van der Waals surface area contributed by atoms with Crippen molar-refractivity contribution in [1.29, 1.82) is 0 Å². The number of hydrogen-bond donors (Lipinski definition) is 1. The van der Waals surface area contributed by atoms with Crippen molar-refractivity contribution in [3.63, 3.8) is 0 Å². The lowest BCUT2D eigenvalue weighted by Crippen LogP contribution is -3.00. The number of halogens is 1. The van der Waals surface area contributed by atoms with E-state index in [0.717, 1.165) is 30.4 Å². The van der Waals surface area contributed by atoms with Crippen LogP contribution in [-0.2, 0) is 21.5 Å². The van der Waals surface area contributed by atoms with E-state index in [-0.39, 0.29) is 40.6 Å². The second kappa shape index (κ2) is 9.60. The Bertz CT molecular complexity index is 994. The van der Waals surface area contributed by atoms with Gasteiger partial charge in [0.05, 0.1) is 0 Å². The van der Waals surface area contributed by atoms with Gasteiger partial charge in [-0.3, -0.25) is 9.59 Å². The molecule has 31 heavy (non-hydrogen) atoms. The van der Waals surface area contributed by atoms with E-state index in [1.54, 1.807) is 6.92 Å². The minimum absolute atomic E-state index is 0. The van der Waals surface area contributed by atoms with Crippen molar-refractivity contribution >= 4 is 11.7 Å². The van der Waals surface area contributed by atoms with Crippen molar-refractivity contribution in [2.24, 2.45) is 11.7 Å². The van der Waals surface area contributed by atoms with Crippen LogP contribution in [0.1, 0.15) is 43.4 Å². The average molecular weight is 482 g/mol. The van der Waals surface area contributed by atoms with Crippen molar-refractivity contribution in [3.8, 4) is 0 Å². The molecule has 0 bridgehead atoms. The second-order valence-electron chi connectivity index (χ2n) is 8.30. The normalized spacial score (nSPS) is 18.4. The molecule has 1 heterocycles. The molecule has 4 rings (SSSR count). The number of carbonyl (C=O) groups excluding carboxylic acids is 2. The van der Waals surface area contributed by atoms with Crippen molar-refractivity contribution in [3.05, 3.63) is 90.5 Å². The second-order valence-corrected chi connectivity index (χ2v) is 8.30. The Hall–Kier alpha value is -2.73. The first-order chi connectivity index (χ1) is 14.5. The molecule has 162 valence electrons. The summed E-state index contributed by atoms with van der Waals surface area (Å²) in [5.74, 6) is -0.0823. The maximum Gasteiger partial charge on any atom is 0.244 e. The largest absolute Gasteiger partial charge is 1.00 e. The molecule has 0 saturated heterocycles. The summed E-state index contributed by atoms with van der Waals surface area (Å²) in [6.07, 6.45) is 8.67. The van der Waals surface area contributed by atoms with E-state index in [1.807, 2.05) is 84.0 Å². The van der Waals surface area contributed by atoms with Crippen molar-refractivity contribution in [2.75, 3.05) is 0 Å². The molecule has 2 N–H and O–H groups in total. The first-order valence-corrected chi connectivity index (χ1v) is 10.5. The molecule has 1 amide bonds. The number of nitrogens with zero attached hydrogens (tertiary/aromatic N) is 2. The molecule has 2 aromatic carbocycles. The van der Waals surface area contributed by atoms with Gasteiger partial charge in [0.1, 0.15) is 30.4 Å². The highest BCUT2D eigenvalue weighted by atomic mass is 79.9. The van der Waals surface area contributed by atoms with Gasteiger partial charge in [-0.25, -0.2) is 9.13 Å². The van der Waals surface area contributed by atoms with Crippen LogP contribution in [0.4, 0.5) is 0 Å². The summed E-state index contributed by atoms with van der Waals surface area (Å²) in [5.41, 5.74) is 7.21. The van der Waals surface area contributed by atoms with E-state index in [2.05, 4.69) is 4.57 Å². The lowest BCUT2D eigenvalue weighted by molar-refractivity contribution is -0.683. The van der Waals surface area contributed by atoms with E-state index in [0.29, 0.717) is 6.54 Å². The maximum atomic E-state index is 13.2. The SMILES string of the molecule is CC(=O)C[n+]1ccn([C@@H]2CC[C@@H](C(C(N)=O)(c3ccccc3)c3ccccc3)C2)c1.[Br-]. The molecular formula is C25H28BrN3O2. The summed E-state index contributed by atoms with van der Waals surface area (Å²) in [5, 5.41) is 0. The molecule has 1 aromatic heterocycles. The van der Waals surface area contributed by atoms with E-state index in [9.17, 15) is 9.59 Å². The van der Waals surface area contributed by atoms with Crippen molar-refractivity contribution in [1.82, 2.24) is 4.57 Å². The van der Waals surface area contributed by atoms with Gasteiger partial charge in [-0.2, -0.15) is 0 Å². The molecule has 2 atom stereocenters. The molecule has 1 aliphatic carbocycles. The van der Waals surface area contributed by atoms with Crippen LogP contribution < -0.4 is 27.3 Å². The van der Waals surface area contributed by atoms with Crippen molar-refractivity contribution < 1.29 is 31.1 Å². The van der Waals surface area contributed by atoms with Gasteiger partial charge in [-0.05, 0) is 43.2 Å². The predicted octanol–water partition coefficient (Wildman–Crippen LogP) is 0.181. The topological polar surface area (TPSA) is 69.0 Å². The van der Waals surface area contributed by atoms with Gasteiger partial charge in [0.15, 0.2) is 5.78 Å². The Morgan fingerprint density at radius 2 is 1.61 bits per heavy atom. The van der Waals surface area contributed by atoms with Gasteiger partial charge in [0.2, 0.25) is 12.2 Å². The fraction of sp³-hybridized carbons (Fsp3) is 0.320. The van der Waals surface area contributed by atoms with Crippen LogP contribution in [0.25, 0.3) is 0 Å². The molecule has 0 aliphatic heterocycles. The summed E-state index contributed by atoms with van der Waals surface area (Å²) in [7, 11) is 0. The number of nitrogens with two attached hydrogens (primary N) is 1. The Labute approximate surface area is 193 Å². The zero-order valence-corrected chi connectivity index (χ0v) is 19.2. The third-order valence-electron chi connectivity index (χ3n) is 6.40. The number of ketones is 1. The van der Waals surface area contributed by atoms with E-state index < -0.39 is 5.41 Å². The standard InChI is InChI=1S/C25H27N3O2.BrH/c1-19(29)17-27-14-15-28(18-27)23-13-12-22(16-23)25(24(26)30,20-8-4-2-5-9-20)21-10-6-3-7-11-21;/h2-11,14-15,18,22-23H,12-13,16-17H2,1H3,(H-,26,30);1H/t22-,23-;/m1./s1. The van der Waals surface area contributed by atoms with Crippen LogP contribution in [0.5, 0.6) is 0 Å². The molecule has 0 spiro atoms. The van der Waals surface area contributed by atoms with E-state index >= 15 is 0 Å². The summed E-state index contributed by atoms with van der Waals surface area (Å²) >= 11 is 0. The Morgan fingerprint density at radius 3 is 2.13 bits per heavy atom. The first kappa shape index (κ1) is 22.9.